The van der Waals surface area contributed by atoms with E-state index in [4.69, 9.17) is 10.5 Å². The van der Waals surface area contributed by atoms with Gasteiger partial charge < -0.3 is 10.5 Å². The Bertz CT molecular complexity index is 315. The van der Waals surface area contributed by atoms with E-state index in [0.717, 1.165) is 6.20 Å². The molecule has 0 radical (unpaired) electrons. The molecule has 0 aliphatic carbocycles. The topological polar surface area (TPSA) is 48.1 Å². The van der Waals surface area contributed by atoms with Crippen molar-refractivity contribution >= 4 is 5.82 Å². The van der Waals surface area contributed by atoms with Crippen molar-refractivity contribution in [2.75, 3.05) is 12.8 Å². The van der Waals surface area contributed by atoms with Crippen LogP contribution in [0, 0.1) is 6.92 Å². The van der Waals surface area contributed by atoms with E-state index >= 15 is 0 Å². The summed E-state index contributed by atoms with van der Waals surface area (Å²) in [4.78, 5) is 3.63. The number of hydrogen-bond donors (Lipinski definition) is 1. The average molecular weight is 188 g/mol. The Hall–Kier alpha value is -1.39. The summed E-state index contributed by atoms with van der Waals surface area (Å²) < 4.78 is 29.5. The standard InChI is InChI=1S/C8H10F2N2O/c1-4-6(13-2)5(7(9)10)3-12-8(4)11/h3,7H,1-2H3,(H2,11,12). The van der Waals surface area contributed by atoms with E-state index < -0.39 is 6.43 Å². The first kappa shape index (κ1) is 9.70. The van der Waals surface area contributed by atoms with Crippen LogP contribution < -0.4 is 10.5 Å². The lowest BCUT2D eigenvalue weighted by atomic mass is 10.2. The minimum absolute atomic E-state index is 0.113. The van der Waals surface area contributed by atoms with Crippen molar-refractivity contribution in [2.45, 2.75) is 13.3 Å². The number of pyridine rings is 1. The van der Waals surface area contributed by atoms with Gasteiger partial charge in [-0.25, -0.2) is 13.8 Å². The van der Waals surface area contributed by atoms with Gasteiger partial charge in [-0.2, -0.15) is 0 Å². The molecule has 0 saturated heterocycles. The summed E-state index contributed by atoms with van der Waals surface area (Å²) in [5, 5.41) is 0. The maximum absolute atomic E-state index is 12.4. The van der Waals surface area contributed by atoms with Gasteiger partial charge in [0.2, 0.25) is 0 Å². The molecule has 0 atom stereocenters. The van der Waals surface area contributed by atoms with Gasteiger partial charge in [0.05, 0.1) is 12.7 Å². The average Bonchev–Trinajstić information content (AvgIpc) is 2.09. The van der Waals surface area contributed by atoms with E-state index in [1.807, 2.05) is 0 Å². The maximum Gasteiger partial charge on any atom is 0.268 e. The van der Waals surface area contributed by atoms with Gasteiger partial charge in [0.25, 0.3) is 6.43 Å². The third kappa shape index (κ3) is 1.68. The molecule has 0 spiro atoms. The number of hydrogen-bond acceptors (Lipinski definition) is 3. The van der Waals surface area contributed by atoms with E-state index in [0.29, 0.717) is 5.56 Å². The molecule has 0 bridgehead atoms. The Morgan fingerprint density at radius 1 is 1.54 bits per heavy atom. The molecule has 5 heteroatoms. The molecule has 0 aliphatic rings. The normalized spacial score (nSPS) is 10.5. The van der Waals surface area contributed by atoms with Crippen LogP contribution in [0.15, 0.2) is 6.20 Å². The first-order chi connectivity index (χ1) is 6.07. The van der Waals surface area contributed by atoms with Crippen LogP contribution in [0.3, 0.4) is 0 Å². The van der Waals surface area contributed by atoms with Crippen LogP contribution in [0.2, 0.25) is 0 Å². The second-order valence-electron chi connectivity index (χ2n) is 2.56. The highest BCUT2D eigenvalue weighted by molar-refractivity contribution is 5.51. The smallest absolute Gasteiger partial charge is 0.268 e. The van der Waals surface area contributed by atoms with E-state index in [9.17, 15) is 8.78 Å². The quantitative estimate of drug-likeness (QED) is 0.771. The van der Waals surface area contributed by atoms with Crippen molar-refractivity contribution in [1.82, 2.24) is 4.98 Å². The van der Waals surface area contributed by atoms with E-state index in [1.165, 1.54) is 7.11 Å². The van der Waals surface area contributed by atoms with Gasteiger partial charge in [0.15, 0.2) is 0 Å². The van der Waals surface area contributed by atoms with E-state index in [2.05, 4.69) is 4.98 Å². The molecule has 1 rings (SSSR count). The number of alkyl halides is 2. The number of anilines is 1. The van der Waals surface area contributed by atoms with Gasteiger partial charge in [0, 0.05) is 11.8 Å². The Kier molecular flexibility index (Phi) is 2.65. The third-order valence-electron chi connectivity index (χ3n) is 1.77. The molecule has 13 heavy (non-hydrogen) atoms. The minimum atomic E-state index is -2.60. The zero-order valence-electron chi connectivity index (χ0n) is 7.34. The summed E-state index contributed by atoms with van der Waals surface area (Å²) in [6, 6.07) is 0. The maximum atomic E-state index is 12.4. The van der Waals surface area contributed by atoms with Gasteiger partial charge in [-0.05, 0) is 6.92 Å². The molecule has 1 aromatic heterocycles. The summed E-state index contributed by atoms with van der Waals surface area (Å²) in [6.45, 7) is 1.59. The lowest BCUT2D eigenvalue weighted by Gasteiger charge is -2.11. The number of rotatable bonds is 2. The van der Waals surface area contributed by atoms with Crippen molar-refractivity contribution in [3.05, 3.63) is 17.3 Å². The van der Waals surface area contributed by atoms with Crippen molar-refractivity contribution in [3.8, 4) is 5.75 Å². The van der Waals surface area contributed by atoms with Crippen LogP contribution in [-0.4, -0.2) is 12.1 Å². The fraction of sp³-hybridized carbons (Fsp3) is 0.375. The highest BCUT2D eigenvalue weighted by atomic mass is 19.3. The number of ether oxygens (including phenoxy) is 1. The molecule has 72 valence electrons. The van der Waals surface area contributed by atoms with Crippen LogP contribution in [0.5, 0.6) is 5.75 Å². The lowest BCUT2D eigenvalue weighted by molar-refractivity contribution is 0.146. The van der Waals surface area contributed by atoms with Crippen molar-refractivity contribution < 1.29 is 13.5 Å². The Labute approximate surface area is 74.5 Å². The molecule has 1 aromatic rings. The summed E-state index contributed by atoms with van der Waals surface area (Å²) in [5.41, 5.74) is 5.65. The molecule has 0 unspecified atom stereocenters. The number of nitrogens with two attached hydrogens (primary N) is 1. The number of halogens is 2. The van der Waals surface area contributed by atoms with Crippen molar-refractivity contribution in [1.29, 1.82) is 0 Å². The summed E-state index contributed by atoms with van der Waals surface area (Å²) in [5.74, 6) is 0.323. The Morgan fingerprint density at radius 3 is 2.62 bits per heavy atom. The summed E-state index contributed by atoms with van der Waals surface area (Å²) in [7, 11) is 1.33. The molecule has 1 heterocycles. The predicted octanol–water partition coefficient (Wildman–Crippen LogP) is 1.92. The SMILES string of the molecule is COc1c(C(F)F)cnc(N)c1C. The molecule has 0 fully saturated rings. The number of methoxy groups -OCH3 is 1. The highest BCUT2D eigenvalue weighted by Crippen LogP contribution is 2.32. The molecule has 2 N–H and O–H groups in total. The van der Waals surface area contributed by atoms with Crippen molar-refractivity contribution in [3.63, 3.8) is 0 Å². The third-order valence-corrected chi connectivity index (χ3v) is 1.77. The van der Waals surface area contributed by atoms with Gasteiger partial charge in [0.1, 0.15) is 11.6 Å². The minimum Gasteiger partial charge on any atom is -0.496 e. The number of aromatic nitrogens is 1. The van der Waals surface area contributed by atoms with Gasteiger partial charge in [-0.15, -0.1) is 0 Å². The predicted molar refractivity (Wildman–Crippen MR) is 44.9 cm³/mol. The van der Waals surface area contributed by atoms with E-state index in [1.54, 1.807) is 6.92 Å². The van der Waals surface area contributed by atoms with Crippen molar-refractivity contribution in [2.24, 2.45) is 0 Å². The molecule has 0 saturated carbocycles. The monoisotopic (exact) mass is 188 g/mol. The zero-order chi connectivity index (χ0) is 10.0. The number of nitrogen functional groups attached to an aromatic ring is 1. The fourth-order valence-electron chi connectivity index (χ4n) is 1.05. The Balaban J connectivity index is 3.30. The second-order valence-corrected chi connectivity index (χ2v) is 2.56. The molecule has 0 aliphatic heterocycles. The van der Waals surface area contributed by atoms with Crippen LogP contribution in [0.1, 0.15) is 17.6 Å². The largest absolute Gasteiger partial charge is 0.496 e. The Morgan fingerprint density at radius 2 is 2.15 bits per heavy atom. The molecule has 0 amide bonds. The number of nitrogens with zero attached hydrogens (tertiary/aromatic N) is 1. The lowest BCUT2D eigenvalue weighted by Crippen LogP contribution is -2.01. The molecule has 0 aromatic carbocycles. The van der Waals surface area contributed by atoms with Gasteiger partial charge >= 0.3 is 0 Å². The van der Waals surface area contributed by atoms with Crippen LogP contribution in [-0.2, 0) is 0 Å². The first-order valence-corrected chi connectivity index (χ1v) is 3.65. The van der Waals surface area contributed by atoms with Crippen LogP contribution >= 0.6 is 0 Å². The van der Waals surface area contributed by atoms with E-state index in [-0.39, 0.29) is 17.1 Å². The fourth-order valence-corrected chi connectivity index (χ4v) is 1.05. The molecular weight excluding hydrogens is 178 g/mol. The summed E-state index contributed by atoms with van der Waals surface area (Å²) in [6.07, 6.45) is -1.56. The first-order valence-electron chi connectivity index (χ1n) is 3.65. The molecular formula is C8H10F2N2O. The second kappa shape index (κ2) is 3.55. The van der Waals surface area contributed by atoms with Crippen LogP contribution in [0.25, 0.3) is 0 Å². The van der Waals surface area contributed by atoms with Gasteiger partial charge in [-0.3, -0.25) is 0 Å². The highest BCUT2D eigenvalue weighted by Gasteiger charge is 2.17. The zero-order valence-corrected chi connectivity index (χ0v) is 7.34. The molecule has 3 nitrogen and oxygen atoms in total. The van der Waals surface area contributed by atoms with Crippen LogP contribution in [0.4, 0.5) is 14.6 Å². The van der Waals surface area contributed by atoms with Gasteiger partial charge in [-0.1, -0.05) is 0 Å². The summed E-state index contributed by atoms with van der Waals surface area (Å²) >= 11 is 0.